The standard InChI is InChI=1S/C25H36N10O3.C21H30N10O/c1-16(2)15-35-23-20(29-25(35)34-6-4-32(5-7-34)19(37)12-17(3)36)22(33-8-10-38-11-9-33)30-21(31-23)18-13-27-24(26)28-14-18;1-14(2)13-31-19-16(26-21(31)30-5-3-23-4-6-30)18(29-7-9-32-10-8-29)27-17(28-19)15-11-24-20(22)25-12-15/h13-14,16-17,36H,4-12,15H2,1-3H3,(H2,26,27,28);11-12,14,23H,3-10,13H2,1-2H3,(H2,22,24,25). The van der Waals surface area contributed by atoms with Gasteiger partial charge in [0, 0.05) is 116 Å². The van der Waals surface area contributed by atoms with Crippen molar-refractivity contribution in [2.45, 2.75) is 60.2 Å². The molecular weight excluding hydrogens is 897 g/mol. The van der Waals surface area contributed by atoms with Gasteiger partial charge in [-0.05, 0) is 18.8 Å². The Morgan fingerprint density at radius 3 is 1.40 bits per heavy atom. The molecule has 1 amide bonds. The summed E-state index contributed by atoms with van der Waals surface area (Å²) in [6, 6.07) is 0. The van der Waals surface area contributed by atoms with E-state index in [9.17, 15) is 9.90 Å². The Morgan fingerprint density at radius 1 is 0.586 bits per heavy atom. The largest absolute Gasteiger partial charge is 0.393 e. The van der Waals surface area contributed by atoms with Crippen LogP contribution in [0.1, 0.15) is 41.0 Å². The number of nitrogens with two attached hydrogens (primary N) is 2. The molecule has 4 aliphatic heterocycles. The van der Waals surface area contributed by atoms with Crippen molar-refractivity contribution < 1.29 is 19.4 Å². The van der Waals surface area contributed by atoms with Crippen molar-refractivity contribution in [3.05, 3.63) is 24.8 Å². The number of carbonyl (C=O) groups excluding carboxylic acids is 1. The van der Waals surface area contributed by atoms with Crippen molar-refractivity contribution in [3.8, 4) is 22.8 Å². The zero-order valence-corrected chi connectivity index (χ0v) is 40.9. The SMILES string of the molecule is CC(C)Cn1c(N2CCN(C(=O)CC(C)O)CC2)nc2c(N3CCOCC3)nc(-c3cnc(N)nc3)nc21.CC(C)Cn1c(N2CCNCC2)nc2c(N3CCOCC3)nc(-c3cnc(N)nc3)nc21. The molecule has 4 saturated heterocycles. The maximum Gasteiger partial charge on any atom is 0.225 e. The first kappa shape index (κ1) is 48.4. The van der Waals surface area contributed by atoms with Crippen LogP contribution in [0.25, 0.3) is 45.1 Å². The number of aromatic nitrogens is 12. The highest BCUT2D eigenvalue weighted by Gasteiger charge is 2.30. The van der Waals surface area contributed by atoms with E-state index in [-0.39, 0.29) is 24.2 Å². The fraction of sp³-hybridized carbons (Fsp3) is 0.587. The number of rotatable bonds is 12. The van der Waals surface area contributed by atoms with Gasteiger partial charge in [-0.3, -0.25) is 13.9 Å². The van der Waals surface area contributed by atoms with Crippen molar-refractivity contribution in [1.82, 2.24) is 69.2 Å². The highest BCUT2D eigenvalue weighted by molar-refractivity contribution is 5.89. The third-order valence-electron chi connectivity index (χ3n) is 12.5. The minimum Gasteiger partial charge on any atom is -0.393 e. The molecule has 24 nitrogen and oxygen atoms in total. The summed E-state index contributed by atoms with van der Waals surface area (Å²) in [4.78, 5) is 69.9. The first-order valence-electron chi connectivity index (χ1n) is 24.4. The van der Waals surface area contributed by atoms with Crippen molar-refractivity contribution in [1.29, 1.82) is 0 Å². The number of aliphatic hydroxyl groups excluding tert-OH is 1. The molecule has 4 fully saturated rings. The number of aliphatic hydroxyl groups is 1. The third-order valence-corrected chi connectivity index (χ3v) is 12.5. The monoisotopic (exact) mass is 963 g/mol. The van der Waals surface area contributed by atoms with Gasteiger partial charge in [0.05, 0.1) is 50.1 Å². The van der Waals surface area contributed by atoms with E-state index in [1.54, 1.807) is 31.7 Å². The second-order valence-electron chi connectivity index (χ2n) is 18.9. The van der Waals surface area contributed by atoms with Crippen LogP contribution in [-0.2, 0) is 27.4 Å². The Morgan fingerprint density at radius 2 is 1.00 bits per heavy atom. The number of morpholine rings is 2. The van der Waals surface area contributed by atoms with E-state index in [1.807, 2.05) is 4.90 Å². The Balaban J connectivity index is 0.000000176. The lowest BCUT2D eigenvalue weighted by Crippen LogP contribution is -2.50. The van der Waals surface area contributed by atoms with Crippen LogP contribution in [0, 0.1) is 11.8 Å². The number of carbonyl (C=O) groups is 1. The molecule has 1 unspecified atom stereocenters. The Hall–Kier alpha value is -6.63. The number of nitrogen functional groups attached to an aromatic ring is 2. The number of hydrogen-bond acceptors (Lipinski definition) is 21. The van der Waals surface area contributed by atoms with E-state index in [1.165, 1.54) is 0 Å². The molecule has 0 radical (unpaired) electrons. The third kappa shape index (κ3) is 10.9. The lowest BCUT2D eigenvalue weighted by atomic mass is 10.2. The molecule has 10 rings (SSSR count). The minimum absolute atomic E-state index is 0.0221. The molecule has 374 valence electrons. The maximum atomic E-state index is 12.5. The van der Waals surface area contributed by atoms with Gasteiger partial charge in [0.15, 0.2) is 45.6 Å². The van der Waals surface area contributed by atoms with E-state index in [0.717, 1.165) is 104 Å². The van der Waals surface area contributed by atoms with Gasteiger partial charge in [0.2, 0.25) is 29.7 Å². The second-order valence-corrected chi connectivity index (χ2v) is 18.9. The van der Waals surface area contributed by atoms with Gasteiger partial charge in [-0.2, -0.15) is 0 Å². The number of piperazine rings is 2. The topological polar surface area (TPSA) is 275 Å². The summed E-state index contributed by atoms with van der Waals surface area (Å²) in [5.41, 5.74) is 16.0. The zero-order valence-electron chi connectivity index (χ0n) is 40.9. The fourth-order valence-corrected chi connectivity index (χ4v) is 9.06. The fourth-order valence-electron chi connectivity index (χ4n) is 9.06. The van der Waals surface area contributed by atoms with Crippen LogP contribution in [0.5, 0.6) is 0 Å². The van der Waals surface area contributed by atoms with Gasteiger partial charge in [0.25, 0.3) is 0 Å². The van der Waals surface area contributed by atoms with Gasteiger partial charge >= 0.3 is 0 Å². The predicted octanol–water partition coefficient (Wildman–Crippen LogP) is 1.55. The van der Waals surface area contributed by atoms with Crippen LogP contribution in [-0.4, -0.2) is 186 Å². The molecule has 6 N–H and O–H groups in total. The highest BCUT2D eigenvalue weighted by atomic mass is 16.5. The summed E-state index contributed by atoms with van der Waals surface area (Å²) < 4.78 is 15.6. The van der Waals surface area contributed by atoms with E-state index < -0.39 is 6.10 Å². The number of fused-ring (bicyclic) bond motifs is 2. The van der Waals surface area contributed by atoms with Gasteiger partial charge in [-0.1, -0.05) is 27.7 Å². The Kier molecular flexibility index (Phi) is 14.9. The van der Waals surface area contributed by atoms with Crippen molar-refractivity contribution in [2.75, 3.05) is 136 Å². The molecule has 24 heteroatoms. The summed E-state index contributed by atoms with van der Waals surface area (Å²) in [5, 5.41) is 13.0. The van der Waals surface area contributed by atoms with Crippen LogP contribution in [0.2, 0.25) is 0 Å². The smallest absolute Gasteiger partial charge is 0.225 e. The number of imidazole rings is 2. The maximum absolute atomic E-state index is 12.5. The van der Waals surface area contributed by atoms with Gasteiger partial charge in [-0.25, -0.2) is 49.8 Å². The van der Waals surface area contributed by atoms with E-state index in [0.29, 0.717) is 94.7 Å². The van der Waals surface area contributed by atoms with Crippen molar-refractivity contribution in [3.63, 3.8) is 0 Å². The first-order chi connectivity index (χ1) is 33.9. The average molecular weight is 963 g/mol. The number of nitrogens with one attached hydrogen (secondary N) is 1. The van der Waals surface area contributed by atoms with E-state index >= 15 is 0 Å². The lowest BCUT2D eigenvalue weighted by molar-refractivity contribution is -0.133. The summed E-state index contributed by atoms with van der Waals surface area (Å²) in [6.45, 7) is 23.7. The van der Waals surface area contributed by atoms with Crippen LogP contribution in [0.3, 0.4) is 0 Å². The molecule has 0 bridgehead atoms. The highest BCUT2D eigenvalue weighted by Crippen LogP contribution is 2.34. The Bertz CT molecular complexity index is 2700. The van der Waals surface area contributed by atoms with Crippen LogP contribution in [0.4, 0.5) is 35.4 Å². The zero-order chi connectivity index (χ0) is 48.9. The summed E-state index contributed by atoms with van der Waals surface area (Å²) >= 11 is 0. The van der Waals surface area contributed by atoms with Crippen molar-refractivity contribution in [2.24, 2.45) is 11.8 Å². The van der Waals surface area contributed by atoms with Crippen molar-refractivity contribution >= 4 is 63.7 Å². The van der Waals surface area contributed by atoms with Gasteiger partial charge in [-0.15, -0.1) is 0 Å². The molecular formula is C46H66N20O4. The van der Waals surface area contributed by atoms with Gasteiger partial charge < -0.3 is 55.9 Å². The summed E-state index contributed by atoms with van der Waals surface area (Å²) in [6.07, 6.45) is 6.12. The van der Waals surface area contributed by atoms with Crippen LogP contribution in [0.15, 0.2) is 24.8 Å². The van der Waals surface area contributed by atoms with Gasteiger partial charge in [0.1, 0.15) is 0 Å². The molecule has 4 aliphatic rings. The molecule has 70 heavy (non-hydrogen) atoms. The normalized spacial score (nSPS) is 17.5. The van der Waals surface area contributed by atoms with Crippen LogP contribution >= 0.6 is 0 Å². The first-order valence-corrected chi connectivity index (χ1v) is 24.4. The number of nitrogens with zero attached hydrogens (tertiary/aromatic N) is 17. The molecule has 0 aliphatic carbocycles. The van der Waals surface area contributed by atoms with Crippen LogP contribution < -0.4 is 36.4 Å². The molecule has 6 aromatic rings. The molecule has 0 spiro atoms. The van der Waals surface area contributed by atoms with E-state index in [2.05, 4.69) is 81.7 Å². The molecule has 0 saturated carbocycles. The molecule has 10 heterocycles. The lowest BCUT2D eigenvalue weighted by Gasteiger charge is -2.35. The number of hydrogen-bond donors (Lipinski definition) is 4. The number of ether oxygens (including phenoxy) is 2. The minimum atomic E-state index is -0.645. The average Bonchev–Trinajstić information content (AvgIpc) is 3.92. The van der Waals surface area contributed by atoms with E-state index in [4.69, 9.17) is 50.8 Å². The number of amides is 1. The Labute approximate surface area is 406 Å². The summed E-state index contributed by atoms with van der Waals surface area (Å²) in [7, 11) is 0. The molecule has 0 aromatic carbocycles. The predicted molar refractivity (Wildman–Crippen MR) is 267 cm³/mol. The molecule has 6 aromatic heterocycles. The second kappa shape index (κ2) is 21.6. The summed E-state index contributed by atoms with van der Waals surface area (Å²) in [5.74, 6) is 5.69. The quantitative estimate of drug-likeness (QED) is 0.135. The number of anilines is 6. The molecule has 1 atom stereocenters.